The fraction of sp³-hybridized carbons (Fsp3) is 0. The SMILES string of the molecule is OB(P)P=S. The van der Waals surface area contributed by atoms with Crippen molar-refractivity contribution in [2.45, 2.75) is 0 Å². The zero-order chi connectivity index (χ0) is 4.28. The van der Waals surface area contributed by atoms with E-state index < -0.39 is 6.35 Å². The van der Waals surface area contributed by atoms with Gasteiger partial charge in [0.25, 0.3) is 0 Å². The van der Waals surface area contributed by atoms with Gasteiger partial charge < -0.3 is 5.02 Å². The number of rotatable bonds is 1. The van der Waals surface area contributed by atoms with Crippen LogP contribution in [0.1, 0.15) is 0 Å². The van der Waals surface area contributed by atoms with E-state index in [9.17, 15) is 0 Å². The minimum Gasteiger partial charge on any atom is -0.439 e. The van der Waals surface area contributed by atoms with Crippen LogP contribution in [0.25, 0.3) is 0 Å². The fourth-order valence-corrected chi connectivity index (χ4v) is 0. The lowest BCUT2D eigenvalue weighted by Gasteiger charge is -1.73. The van der Waals surface area contributed by atoms with Crippen LogP contribution < -0.4 is 0 Å². The summed E-state index contributed by atoms with van der Waals surface area (Å²) in [6.45, 7) is 0. The Morgan fingerprint density at radius 3 is 2.20 bits per heavy atom. The van der Waals surface area contributed by atoms with Crippen LogP contribution in [0.4, 0.5) is 0 Å². The first-order chi connectivity index (χ1) is 2.27. The molecule has 1 unspecified atom stereocenters. The molecule has 0 aromatic carbocycles. The third-order valence-electron chi connectivity index (χ3n) is 0.108. The van der Waals surface area contributed by atoms with Crippen LogP contribution in [0.5, 0.6) is 0 Å². The van der Waals surface area contributed by atoms with Crippen LogP contribution in [0, 0.1) is 0 Å². The van der Waals surface area contributed by atoms with Crippen molar-refractivity contribution >= 4 is 34.5 Å². The highest BCUT2D eigenvalue weighted by atomic mass is 32.4. The third kappa shape index (κ3) is 4.97. The molecule has 1 atom stereocenters. The molecule has 0 aliphatic rings. The van der Waals surface area contributed by atoms with Crippen LogP contribution in [-0.4, -0.2) is 11.4 Å². The molecule has 0 bridgehead atoms. The van der Waals surface area contributed by atoms with Crippen LogP contribution in [0.3, 0.4) is 0 Å². The first kappa shape index (κ1) is 5.97. The molecule has 0 radical (unpaired) electrons. The fourth-order valence-electron chi connectivity index (χ4n) is 0. The highest BCUT2D eigenvalue weighted by Gasteiger charge is 1.90. The summed E-state index contributed by atoms with van der Waals surface area (Å²) in [5.41, 5.74) is 0. The largest absolute Gasteiger partial charge is 0.439 e. The van der Waals surface area contributed by atoms with Gasteiger partial charge in [-0.05, 0) is 7.23 Å². The summed E-state index contributed by atoms with van der Waals surface area (Å²) in [5.74, 6) is 0. The minimum absolute atomic E-state index is 0.412. The molecular formula is H3BOP2S. The van der Waals surface area contributed by atoms with E-state index >= 15 is 0 Å². The summed E-state index contributed by atoms with van der Waals surface area (Å²) in [5, 5.41) is 8.21. The standard InChI is InChI=1S/BH3OP2S/c2-1(3)4-5/h2H,3H2. The van der Waals surface area contributed by atoms with Crippen LogP contribution >= 0.6 is 16.4 Å². The Hall–Kier alpha value is 0.975. The molecule has 1 N–H and O–H groups in total. The zero-order valence-electron chi connectivity index (χ0n) is 2.46. The summed E-state index contributed by atoms with van der Waals surface area (Å²) < 4.78 is 0. The molecule has 0 amide bonds. The zero-order valence-corrected chi connectivity index (χ0v) is 5.32. The van der Waals surface area contributed by atoms with Crippen molar-refractivity contribution in [1.29, 1.82) is 0 Å². The van der Waals surface area contributed by atoms with Gasteiger partial charge in [-0.25, -0.2) is 0 Å². The van der Waals surface area contributed by atoms with E-state index in [1.165, 1.54) is 0 Å². The van der Waals surface area contributed by atoms with Crippen molar-refractivity contribution < 1.29 is 5.02 Å². The van der Waals surface area contributed by atoms with Gasteiger partial charge in [0.2, 0.25) is 0 Å². The second-order valence-corrected chi connectivity index (χ2v) is 3.08. The molecule has 0 aromatic rings. The molecule has 0 aromatic heterocycles. The third-order valence-corrected chi connectivity index (χ3v) is 2.07. The molecule has 0 rings (SSSR count). The average Bonchev–Trinajstić information content (AvgIpc) is 1.38. The Morgan fingerprint density at radius 1 is 2.00 bits per heavy atom. The Labute approximate surface area is 40.2 Å². The lowest BCUT2D eigenvalue weighted by molar-refractivity contribution is 0.616. The van der Waals surface area contributed by atoms with E-state index in [4.69, 9.17) is 5.02 Å². The van der Waals surface area contributed by atoms with Crippen molar-refractivity contribution in [2.75, 3.05) is 0 Å². The highest BCUT2D eigenvalue weighted by molar-refractivity contribution is 8.19. The second kappa shape index (κ2) is 3.18. The average molecular weight is 124 g/mol. The van der Waals surface area contributed by atoms with Gasteiger partial charge in [0.05, 0.1) is 0 Å². The molecule has 0 saturated carbocycles. The quantitative estimate of drug-likeness (QED) is 0.399. The molecule has 28 valence electrons. The number of hydrogen-bond donors (Lipinski definition) is 1. The smallest absolute Gasteiger partial charge is 0.383 e. The lowest BCUT2D eigenvalue weighted by atomic mass is 10.5. The van der Waals surface area contributed by atoms with E-state index in [-0.39, 0.29) is 0 Å². The molecule has 0 spiro atoms. The Bertz CT molecular complexity index is 36.6. The number of hydrogen-bond acceptors (Lipinski definition) is 2. The summed E-state index contributed by atoms with van der Waals surface area (Å²) >= 11 is 4.38. The first-order valence-electron chi connectivity index (χ1n) is 1.03. The monoisotopic (exact) mass is 124 g/mol. The molecule has 5 heteroatoms. The summed E-state index contributed by atoms with van der Waals surface area (Å²) in [4.78, 5) is 0. The maximum atomic E-state index is 8.21. The molecule has 0 aliphatic heterocycles. The molecule has 5 heavy (non-hydrogen) atoms. The van der Waals surface area contributed by atoms with Crippen LogP contribution in [-0.2, 0) is 11.8 Å². The van der Waals surface area contributed by atoms with Crippen molar-refractivity contribution in [3.8, 4) is 0 Å². The normalized spacial score (nSPS) is 8.40. The maximum Gasteiger partial charge on any atom is 0.383 e. The van der Waals surface area contributed by atoms with Gasteiger partial charge >= 0.3 is 6.35 Å². The van der Waals surface area contributed by atoms with Gasteiger partial charge in [-0.2, -0.15) is 0 Å². The maximum absolute atomic E-state index is 8.21. The lowest BCUT2D eigenvalue weighted by Crippen LogP contribution is -1.82. The van der Waals surface area contributed by atoms with E-state index in [1.807, 2.05) is 0 Å². The van der Waals surface area contributed by atoms with Crippen molar-refractivity contribution in [3.05, 3.63) is 0 Å². The summed E-state index contributed by atoms with van der Waals surface area (Å²) in [6.07, 6.45) is -0.412. The van der Waals surface area contributed by atoms with Gasteiger partial charge in [0.1, 0.15) is 0 Å². The molecule has 1 nitrogen and oxygen atoms in total. The Morgan fingerprint density at radius 2 is 2.20 bits per heavy atom. The highest BCUT2D eigenvalue weighted by Crippen LogP contribution is 2.02. The van der Waals surface area contributed by atoms with Gasteiger partial charge in [-0.15, -0.1) is 9.12 Å². The van der Waals surface area contributed by atoms with E-state index in [0.29, 0.717) is 7.23 Å². The second-order valence-electron chi connectivity index (χ2n) is 0.519. The van der Waals surface area contributed by atoms with Crippen molar-refractivity contribution in [1.82, 2.24) is 0 Å². The predicted molar refractivity (Wildman–Crippen MR) is 32.0 cm³/mol. The van der Waals surface area contributed by atoms with Crippen molar-refractivity contribution in [2.24, 2.45) is 0 Å². The van der Waals surface area contributed by atoms with Crippen molar-refractivity contribution in [3.63, 3.8) is 0 Å². The summed E-state index contributed by atoms with van der Waals surface area (Å²) in [7, 11) is 2.77. The van der Waals surface area contributed by atoms with Gasteiger partial charge in [0.15, 0.2) is 0 Å². The van der Waals surface area contributed by atoms with Crippen LogP contribution in [0.2, 0.25) is 0 Å². The van der Waals surface area contributed by atoms with E-state index in [1.54, 1.807) is 0 Å². The van der Waals surface area contributed by atoms with Gasteiger partial charge in [-0.1, -0.05) is 11.8 Å². The molecule has 0 fully saturated rings. The van der Waals surface area contributed by atoms with Gasteiger partial charge in [0, 0.05) is 0 Å². The first-order valence-corrected chi connectivity index (χ1v) is 3.68. The summed E-state index contributed by atoms with van der Waals surface area (Å²) in [6, 6.07) is 0. The molecule has 0 heterocycles. The van der Waals surface area contributed by atoms with E-state index in [0.717, 1.165) is 0 Å². The van der Waals surface area contributed by atoms with Gasteiger partial charge in [-0.3, -0.25) is 0 Å². The molecule has 0 aliphatic carbocycles. The predicted octanol–water partition coefficient (Wildman–Crippen LogP) is 0.247. The minimum atomic E-state index is -0.412. The molecular weight excluding hydrogens is 121 g/mol. The van der Waals surface area contributed by atoms with E-state index in [2.05, 4.69) is 20.9 Å². The topological polar surface area (TPSA) is 20.2 Å². The Kier molecular flexibility index (Phi) is 3.80. The molecule has 0 saturated heterocycles. The Balaban J connectivity index is 2.83. The van der Waals surface area contributed by atoms with Crippen LogP contribution in [0.15, 0.2) is 0 Å².